The molecular weight excluding hydrogens is 228 g/mol. The molecule has 0 aromatic carbocycles. The van der Waals surface area contributed by atoms with Gasteiger partial charge < -0.3 is 14.8 Å². The lowest BCUT2D eigenvalue weighted by atomic mass is 10.0. The summed E-state index contributed by atoms with van der Waals surface area (Å²) in [5, 5.41) is 3.58. The highest BCUT2D eigenvalue weighted by molar-refractivity contribution is 4.86. The van der Waals surface area contributed by atoms with Crippen LogP contribution in [-0.2, 0) is 9.47 Å². The van der Waals surface area contributed by atoms with E-state index in [2.05, 4.69) is 31.0 Å². The average Bonchev–Trinajstić information content (AvgIpc) is 2.76. The zero-order chi connectivity index (χ0) is 13.0. The van der Waals surface area contributed by atoms with Gasteiger partial charge in [0, 0.05) is 31.7 Å². The third kappa shape index (κ3) is 3.92. The Morgan fingerprint density at radius 1 is 1.22 bits per heavy atom. The summed E-state index contributed by atoms with van der Waals surface area (Å²) in [5.74, 6) is 0. The summed E-state index contributed by atoms with van der Waals surface area (Å²) >= 11 is 0. The van der Waals surface area contributed by atoms with Crippen molar-refractivity contribution in [2.45, 2.75) is 51.4 Å². The molecule has 0 aromatic heterocycles. The van der Waals surface area contributed by atoms with Gasteiger partial charge in [-0.3, -0.25) is 4.90 Å². The average molecular weight is 256 g/mol. The highest BCUT2D eigenvalue weighted by atomic mass is 16.5. The molecule has 0 saturated carbocycles. The van der Waals surface area contributed by atoms with Crippen molar-refractivity contribution in [2.24, 2.45) is 0 Å². The van der Waals surface area contributed by atoms with Crippen LogP contribution in [0.5, 0.6) is 0 Å². The van der Waals surface area contributed by atoms with E-state index in [0.717, 1.165) is 39.4 Å². The fourth-order valence-electron chi connectivity index (χ4n) is 2.85. The second kappa shape index (κ2) is 6.33. The van der Waals surface area contributed by atoms with Crippen LogP contribution in [0.3, 0.4) is 0 Å². The lowest BCUT2D eigenvalue weighted by molar-refractivity contribution is -0.0112. The molecule has 2 rings (SSSR count). The number of nitrogens with zero attached hydrogens (tertiary/aromatic N) is 1. The van der Waals surface area contributed by atoms with Crippen LogP contribution in [0.2, 0.25) is 0 Å². The minimum absolute atomic E-state index is 0.202. The lowest BCUT2D eigenvalue weighted by Crippen LogP contribution is -2.55. The first-order chi connectivity index (χ1) is 8.58. The minimum Gasteiger partial charge on any atom is -0.379 e. The number of nitrogens with one attached hydrogen (secondary N) is 1. The van der Waals surface area contributed by atoms with Crippen LogP contribution >= 0.6 is 0 Å². The van der Waals surface area contributed by atoms with Gasteiger partial charge in [0.15, 0.2) is 0 Å². The quantitative estimate of drug-likeness (QED) is 0.803. The molecule has 0 spiro atoms. The molecular formula is C14H28N2O2. The number of ether oxygens (including phenoxy) is 2. The summed E-state index contributed by atoms with van der Waals surface area (Å²) in [4.78, 5) is 2.52. The zero-order valence-corrected chi connectivity index (χ0v) is 12.1. The molecule has 0 amide bonds. The molecule has 1 N–H and O–H groups in total. The van der Waals surface area contributed by atoms with Gasteiger partial charge in [-0.2, -0.15) is 0 Å². The highest BCUT2D eigenvalue weighted by Gasteiger charge is 2.28. The summed E-state index contributed by atoms with van der Waals surface area (Å²) in [6.45, 7) is 12.6. The Morgan fingerprint density at radius 3 is 2.56 bits per heavy atom. The first-order valence-corrected chi connectivity index (χ1v) is 7.27. The summed E-state index contributed by atoms with van der Waals surface area (Å²) in [5.41, 5.74) is 0.202. The van der Waals surface area contributed by atoms with Gasteiger partial charge in [-0.1, -0.05) is 0 Å². The van der Waals surface area contributed by atoms with Gasteiger partial charge in [0.05, 0.1) is 25.4 Å². The normalized spacial score (nSPS) is 30.8. The van der Waals surface area contributed by atoms with E-state index in [1.807, 2.05) is 0 Å². The first-order valence-electron chi connectivity index (χ1n) is 7.27. The van der Waals surface area contributed by atoms with Crippen molar-refractivity contribution in [3.63, 3.8) is 0 Å². The summed E-state index contributed by atoms with van der Waals surface area (Å²) in [6.07, 6.45) is 3.27. The fraction of sp³-hybridized carbons (Fsp3) is 1.00. The van der Waals surface area contributed by atoms with Gasteiger partial charge in [0.1, 0.15) is 0 Å². The van der Waals surface area contributed by atoms with Crippen molar-refractivity contribution in [3.05, 3.63) is 0 Å². The van der Waals surface area contributed by atoms with Crippen LogP contribution in [-0.4, -0.2) is 62.0 Å². The summed E-state index contributed by atoms with van der Waals surface area (Å²) in [7, 11) is 0. The SMILES string of the molecule is CC1CCC(CNCC(C)(C)N2CCOCC2)O1. The maximum Gasteiger partial charge on any atom is 0.0704 e. The topological polar surface area (TPSA) is 33.7 Å². The van der Waals surface area contributed by atoms with Crippen molar-refractivity contribution in [1.29, 1.82) is 0 Å². The highest BCUT2D eigenvalue weighted by Crippen LogP contribution is 2.19. The molecule has 18 heavy (non-hydrogen) atoms. The lowest BCUT2D eigenvalue weighted by Gasteiger charge is -2.41. The van der Waals surface area contributed by atoms with E-state index in [1.54, 1.807) is 0 Å². The van der Waals surface area contributed by atoms with E-state index in [0.29, 0.717) is 12.2 Å². The standard InChI is InChI=1S/C14H28N2O2/c1-12-4-5-13(18-12)10-15-11-14(2,3)16-6-8-17-9-7-16/h12-13,15H,4-11H2,1-3H3. The van der Waals surface area contributed by atoms with Crippen molar-refractivity contribution in [2.75, 3.05) is 39.4 Å². The van der Waals surface area contributed by atoms with Gasteiger partial charge in [-0.25, -0.2) is 0 Å². The largest absolute Gasteiger partial charge is 0.379 e. The number of morpholine rings is 1. The predicted octanol–water partition coefficient (Wildman–Crippen LogP) is 1.25. The van der Waals surface area contributed by atoms with Gasteiger partial charge in [-0.05, 0) is 33.6 Å². The van der Waals surface area contributed by atoms with Crippen molar-refractivity contribution >= 4 is 0 Å². The fourth-order valence-corrected chi connectivity index (χ4v) is 2.85. The predicted molar refractivity (Wildman–Crippen MR) is 72.9 cm³/mol. The smallest absolute Gasteiger partial charge is 0.0704 e. The molecule has 2 saturated heterocycles. The number of hydrogen-bond acceptors (Lipinski definition) is 4. The van der Waals surface area contributed by atoms with E-state index in [4.69, 9.17) is 9.47 Å². The van der Waals surface area contributed by atoms with Gasteiger partial charge in [0.2, 0.25) is 0 Å². The van der Waals surface area contributed by atoms with Crippen LogP contribution < -0.4 is 5.32 Å². The molecule has 2 atom stereocenters. The van der Waals surface area contributed by atoms with Crippen LogP contribution in [0.15, 0.2) is 0 Å². The minimum atomic E-state index is 0.202. The molecule has 4 nitrogen and oxygen atoms in total. The molecule has 2 fully saturated rings. The van der Waals surface area contributed by atoms with E-state index in [1.165, 1.54) is 12.8 Å². The van der Waals surface area contributed by atoms with Crippen LogP contribution in [0.1, 0.15) is 33.6 Å². The summed E-state index contributed by atoms with van der Waals surface area (Å²) in [6, 6.07) is 0. The molecule has 2 aliphatic heterocycles. The van der Waals surface area contributed by atoms with E-state index in [-0.39, 0.29) is 5.54 Å². The van der Waals surface area contributed by atoms with E-state index >= 15 is 0 Å². The van der Waals surface area contributed by atoms with Crippen molar-refractivity contribution in [3.8, 4) is 0 Å². The Morgan fingerprint density at radius 2 is 1.94 bits per heavy atom. The molecule has 106 valence electrons. The van der Waals surface area contributed by atoms with E-state index in [9.17, 15) is 0 Å². The molecule has 0 radical (unpaired) electrons. The maximum absolute atomic E-state index is 5.83. The maximum atomic E-state index is 5.83. The molecule has 0 bridgehead atoms. The van der Waals surface area contributed by atoms with E-state index < -0.39 is 0 Å². The second-order valence-corrected chi connectivity index (χ2v) is 6.19. The van der Waals surface area contributed by atoms with Gasteiger partial charge in [0.25, 0.3) is 0 Å². The van der Waals surface area contributed by atoms with Crippen LogP contribution in [0.4, 0.5) is 0 Å². The number of hydrogen-bond donors (Lipinski definition) is 1. The van der Waals surface area contributed by atoms with Crippen LogP contribution in [0, 0.1) is 0 Å². The molecule has 2 unspecified atom stereocenters. The Kier molecular flexibility index (Phi) is 5.01. The van der Waals surface area contributed by atoms with Gasteiger partial charge >= 0.3 is 0 Å². The third-order valence-corrected chi connectivity index (χ3v) is 4.12. The van der Waals surface area contributed by atoms with Crippen LogP contribution in [0.25, 0.3) is 0 Å². The zero-order valence-electron chi connectivity index (χ0n) is 12.1. The Labute approximate surface area is 111 Å². The monoisotopic (exact) mass is 256 g/mol. The van der Waals surface area contributed by atoms with Crippen molar-refractivity contribution < 1.29 is 9.47 Å². The van der Waals surface area contributed by atoms with Gasteiger partial charge in [-0.15, -0.1) is 0 Å². The molecule has 4 heteroatoms. The first kappa shape index (κ1) is 14.3. The second-order valence-electron chi connectivity index (χ2n) is 6.19. The Balaban J connectivity index is 1.67. The third-order valence-electron chi connectivity index (χ3n) is 4.12. The molecule has 2 aliphatic rings. The van der Waals surface area contributed by atoms with Crippen molar-refractivity contribution in [1.82, 2.24) is 10.2 Å². The summed E-state index contributed by atoms with van der Waals surface area (Å²) < 4.78 is 11.2. The molecule has 0 aliphatic carbocycles. The Hall–Kier alpha value is -0.160. The molecule has 0 aromatic rings. The molecule has 2 heterocycles. The number of rotatable bonds is 5. The Bertz CT molecular complexity index is 252.